The van der Waals surface area contributed by atoms with E-state index in [1.165, 1.54) is 0 Å². The molecule has 0 aromatic rings. The van der Waals surface area contributed by atoms with Gasteiger partial charge in [0, 0.05) is 19.6 Å². The topological polar surface area (TPSA) is 52.6 Å². The van der Waals surface area contributed by atoms with E-state index in [-0.39, 0.29) is 12.1 Å². The van der Waals surface area contributed by atoms with Crippen molar-refractivity contribution in [1.82, 2.24) is 10.2 Å². The summed E-state index contributed by atoms with van der Waals surface area (Å²) in [6.45, 7) is 5.80. The smallest absolute Gasteiger partial charge is 0.317 e. The Morgan fingerprint density at radius 2 is 2.31 bits per heavy atom. The fraction of sp³-hybridized carbons (Fsp3) is 0.889. The van der Waals surface area contributed by atoms with E-state index in [4.69, 9.17) is 0 Å². The van der Waals surface area contributed by atoms with E-state index < -0.39 is 0 Å². The summed E-state index contributed by atoms with van der Waals surface area (Å²) in [5.74, 6) is 0.395. The van der Waals surface area contributed by atoms with Gasteiger partial charge in [-0.3, -0.25) is 0 Å². The third-order valence-electron chi connectivity index (χ3n) is 2.25. The van der Waals surface area contributed by atoms with Crippen LogP contribution in [0.5, 0.6) is 0 Å². The van der Waals surface area contributed by atoms with Crippen molar-refractivity contribution in [2.45, 2.75) is 26.4 Å². The molecule has 1 saturated heterocycles. The van der Waals surface area contributed by atoms with Crippen LogP contribution in [-0.2, 0) is 0 Å². The molecular formula is C9H18N2O2. The predicted octanol–water partition coefficient (Wildman–Crippen LogP) is 0.419. The zero-order valence-corrected chi connectivity index (χ0v) is 8.29. The molecule has 0 radical (unpaired) electrons. The van der Waals surface area contributed by atoms with E-state index in [0.717, 1.165) is 13.0 Å². The number of hydrogen-bond donors (Lipinski definition) is 2. The lowest BCUT2D eigenvalue weighted by molar-refractivity contribution is 0.0606. The number of piperidine rings is 1. The third kappa shape index (κ3) is 2.88. The number of rotatable bonds is 1. The molecule has 4 heteroatoms. The van der Waals surface area contributed by atoms with Gasteiger partial charge in [-0.15, -0.1) is 0 Å². The SMILES string of the molecule is CCNC(=O)N1C[C@@H](C)C[C@@H](O)C1. The van der Waals surface area contributed by atoms with Crippen molar-refractivity contribution >= 4 is 6.03 Å². The van der Waals surface area contributed by atoms with E-state index in [0.29, 0.717) is 19.0 Å². The third-order valence-corrected chi connectivity index (χ3v) is 2.25. The summed E-state index contributed by atoms with van der Waals surface area (Å²) in [6.07, 6.45) is 0.446. The highest BCUT2D eigenvalue weighted by molar-refractivity contribution is 5.74. The lowest BCUT2D eigenvalue weighted by Crippen LogP contribution is -2.49. The number of urea groups is 1. The monoisotopic (exact) mass is 186 g/mol. The minimum absolute atomic E-state index is 0.0619. The Labute approximate surface area is 78.9 Å². The maximum absolute atomic E-state index is 11.4. The van der Waals surface area contributed by atoms with Crippen LogP contribution in [0, 0.1) is 5.92 Å². The molecule has 0 unspecified atom stereocenters. The predicted molar refractivity (Wildman–Crippen MR) is 50.4 cm³/mol. The van der Waals surface area contributed by atoms with Gasteiger partial charge in [0.2, 0.25) is 0 Å². The van der Waals surface area contributed by atoms with Crippen LogP contribution in [0.2, 0.25) is 0 Å². The summed E-state index contributed by atoms with van der Waals surface area (Å²) in [4.78, 5) is 13.1. The molecule has 0 saturated carbocycles. The van der Waals surface area contributed by atoms with Crippen LogP contribution >= 0.6 is 0 Å². The maximum atomic E-state index is 11.4. The second-order valence-corrected chi connectivity index (χ2v) is 3.74. The summed E-state index contributed by atoms with van der Waals surface area (Å²) in [7, 11) is 0. The van der Waals surface area contributed by atoms with Crippen molar-refractivity contribution < 1.29 is 9.90 Å². The van der Waals surface area contributed by atoms with Gasteiger partial charge < -0.3 is 15.3 Å². The van der Waals surface area contributed by atoms with Crippen molar-refractivity contribution in [3.05, 3.63) is 0 Å². The summed E-state index contributed by atoms with van der Waals surface area (Å²) in [5, 5.41) is 12.2. The van der Waals surface area contributed by atoms with E-state index in [1.807, 2.05) is 6.92 Å². The highest BCUT2D eigenvalue weighted by atomic mass is 16.3. The Kier molecular flexibility index (Phi) is 3.54. The van der Waals surface area contributed by atoms with Crippen LogP contribution in [0.1, 0.15) is 20.3 Å². The van der Waals surface area contributed by atoms with Gasteiger partial charge in [-0.1, -0.05) is 6.92 Å². The zero-order chi connectivity index (χ0) is 9.84. The first-order valence-electron chi connectivity index (χ1n) is 4.84. The van der Waals surface area contributed by atoms with Crippen molar-refractivity contribution in [1.29, 1.82) is 0 Å². The molecule has 1 rings (SSSR count). The van der Waals surface area contributed by atoms with Crippen LogP contribution < -0.4 is 5.32 Å². The van der Waals surface area contributed by atoms with Gasteiger partial charge in [0.05, 0.1) is 6.10 Å². The van der Waals surface area contributed by atoms with Crippen LogP contribution in [0.3, 0.4) is 0 Å². The minimum atomic E-state index is -0.355. The summed E-state index contributed by atoms with van der Waals surface area (Å²) in [5.41, 5.74) is 0. The number of nitrogens with one attached hydrogen (secondary N) is 1. The van der Waals surface area contributed by atoms with Gasteiger partial charge in [-0.05, 0) is 19.3 Å². The average molecular weight is 186 g/mol. The molecule has 0 spiro atoms. The lowest BCUT2D eigenvalue weighted by atomic mass is 9.98. The Balaban J connectivity index is 2.45. The Morgan fingerprint density at radius 3 is 2.85 bits per heavy atom. The average Bonchev–Trinajstić information content (AvgIpc) is 2.03. The maximum Gasteiger partial charge on any atom is 0.317 e. The molecular weight excluding hydrogens is 168 g/mol. The summed E-state index contributed by atoms with van der Waals surface area (Å²) < 4.78 is 0. The van der Waals surface area contributed by atoms with E-state index in [1.54, 1.807) is 4.90 Å². The molecule has 0 bridgehead atoms. The molecule has 0 aromatic carbocycles. The van der Waals surface area contributed by atoms with E-state index >= 15 is 0 Å². The van der Waals surface area contributed by atoms with Crippen molar-refractivity contribution in [3.63, 3.8) is 0 Å². The Hall–Kier alpha value is -0.770. The first-order valence-corrected chi connectivity index (χ1v) is 4.84. The molecule has 1 fully saturated rings. The number of β-amino-alcohol motifs (C(OH)–C–C–N with tert-alkyl or cyclic N) is 1. The molecule has 4 nitrogen and oxygen atoms in total. The van der Waals surface area contributed by atoms with Crippen LogP contribution in [0.15, 0.2) is 0 Å². The van der Waals surface area contributed by atoms with Crippen molar-refractivity contribution in [3.8, 4) is 0 Å². The number of carbonyl (C=O) groups is 1. The van der Waals surface area contributed by atoms with Gasteiger partial charge in [0.15, 0.2) is 0 Å². The number of aliphatic hydroxyl groups excluding tert-OH is 1. The number of hydrogen-bond acceptors (Lipinski definition) is 2. The van der Waals surface area contributed by atoms with Crippen LogP contribution in [0.4, 0.5) is 4.79 Å². The second-order valence-electron chi connectivity index (χ2n) is 3.74. The Morgan fingerprint density at radius 1 is 1.62 bits per heavy atom. The summed E-state index contributed by atoms with van der Waals surface area (Å²) >= 11 is 0. The first kappa shape index (κ1) is 10.3. The van der Waals surface area contributed by atoms with Gasteiger partial charge in [-0.25, -0.2) is 4.79 Å². The number of aliphatic hydroxyl groups is 1. The largest absolute Gasteiger partial charge is 0.391 e. The number of amides is 2. The molecule has 1 heterocycles. The van der Waals surface area contributed by atoms with Crippen LogP contribution in [0.25, 0.3) is 0 Å². The molecule has 1 aliphatic rings. The fourth-order valence-electron chi connectivity index (χ4n) is 1.75. The summed E-state index contributed by atoms with van der Waals surface area (Å²) in [6, 6.07) is -0.0619. The van der Waals surface area contributed by atoms with Crippen molar-refractivity contribution in [2.24, 2.45) is 5.92 Å². The zero-order valence-electron chi connectivity index (χ0n) is 8.29. The number of likely N-dealkylation sites (tertiary alicyclic amines) is 1. The quantitative estimate of drug-likeness (QED) is 0.623. The highest BCUT2D eigenvalue weighted by Gasteiger charge is 2.25. The first-order chi connectivity index (χ1) is 6.13. The molecule has 76 valence electrons. The number of carbonyl (C=O) groups excluding carboxylic acids is 1. The lowest BCUT2D eigenvalue weighted by Gasteiger charge is -2.33. The molecule has 0 aromatic heterocycles. The van der Waals surface area contributed by atoms with Crippen molar-refractivity contribution in [2.75, 3.05) is 19.6 Å². The Bertz CT molecular complexity index is 174. The van der Waals surface area contributed by atoms with E-state index in [9.17, 15) is 9.90 Å². The van der Waals surface area contributed by atoms with Gasteiger partial charge in [-0.2, -0.15) is 0 Å². The van der Waals surface area contributed by atoms with E-state index in [2.05, 4.69) is 12.2 Å². The highest BCUT2D eigenvalue weighted by Crippen LogP contribution is 2.15. The van der Waals surface area contributed by atoms with Gasteiger partial charge >= 0.3 is 6.03 Å². The van der Waals surface area contributed by atoms with Crippen LogP contribution in [-0.4, -0.2) is 41.8 Å². The second kappa shape index (κ2) is 4.46. The molecule has 0 aliphatic carbocycles. The molecule has 13 heavy (non-hydrogen) atoms. The van der Waals surface area contributed by atoms with Gasteiger partial charge in [0.25, 0.3) is 0 Å². The molecule has 2 atom stereocenters. The molecule has 2 amide bonds. The normalized spacial score (nSPS) is 28.7. The van der Waals surface area contributed by atoms with Gasteiger partial charge in [0.1, 0.15) is 0 Å². The minimum Gasteiger partial charge on any atom is -0.391 e. The fourth-order valence-corrected chi connectivity index (χ4v) is 1.75. The number of nitrogens with zero attached hydrogens (tertiary/aromatic N) is 1. The standard InChI is InChI=1S/C9H18N2O2/c1-3-10-9(13)11-5-7(2)4-8(12)6-11/h7-8,12H,3-6H2,1-2H3,(H,10,13)/t7-,8+/m0/s1. The molecule has 2 N–H and O–H groups in total. The molecule has 1 aliphatic heterocycles.